The van der Waals surface area contributed by atoms with Gasteiger partial charge in [-0.15, -0.1) is 0 Å². The maximum absolute atomic E-state index is 2.50. The highest BCUT2D eigenvalue weighted by atomic mass is 15.0. The molecule has 0 radical (unpaired) electrons. The fraction of sp³-hybridized carbons (Fsp3) is 0.0323. The Morgan fingerprint density at radius 3 is 1.91 bits per heavy atom. The molecule has 154 valence electrons. The smallest absolute Gasteiger partial charge is 0.0620 e. The molecule has 0 aliphatic heterocycles. The molecule has 0 bridgehead atoms. The zero-order valence-electron chi connectivity index (χ0n) is 18.2. The maximum Gasteiger partial charge on any atom is 0.0620 e. The van der Waals surface area contributed by atoms with Gasteiger partial charge < -0.3 is 8.97 Å². The Labute approximate surface area is 190 Å². The molecule has 2 nitrogen and oxygen atoms in total. The monoisotopic (exact) mass is 420 g/mol. The first kappa shape index (κ1) is 17.3. The minimum atomic E-state index is 1.25. The average Bonchev–Trinajstić information content (AvgIpc) is 3.32. The first-order chi connectivity index (χ1) is 16.3. The number of para-hydroxylation sites is 1. The van der Waals surface area contributed by atoms with E-state index < -0.39 is 0 Å². The Morgan fingerprint density at radius 2 is 1.06 bits per heavy atom. The van der Waals surface area contributed by atoms with E-state index in [4.69, 9.17) is 0 Å². The van der Waals surface area contributed by atoms with Crippen molar-refractivity contribution in [2.45, 2.75) is 0 Å². The van der Waals surface area contributed by atoms with E-state index in [1.807, 2.05) is 0 Å². The lowest BCUT2D eigenvalue weighted by Gasteiger charge is -2.07. The highest BCUT2D eigenvalue weighted by Crippen LogP contribution is 2.44. The molecular weight excluding hydrogens is 400 g/mol. The molecule has 0 unspecified atom stereocenters. The van der Waals surface area contributed by atoms with Gasteiger partial charge in [0.15, 0.2) is 0 Å². The number of rotatable bonds is 1. The zero-order valence-corrected chi connectivity index (χ0v) is 18.2. The summed E-state index contributed by atoms with van der Waals surface area (Å²) < 4.78 is 4.84. The Hall–Kier alpha value is -4.30. The summed E-state index contributed by atoms with van der Waals surface area (Å²) in [6.45, 7) is 0. The molecule has 0 fully saturated rings. The second-order valence-corrected chi connectivity index (χ2v) is 9.07. The minimum absolute atomic E-state index is 1.25. The molecule has 0 spiro atoms. The molecule has 0 aliphatic carbocycles. The minimum Gasteiger partial charge on any atom is -0.344 e. The topological polar surface area (TPSA) is 9.34 Å². The van der Waals surface area contributed by atoms with E-state index >= 15 is 0 Å². The van der Waals surface area contributed by atoms with Crippen molar-refractivity contribution in [2.75, 3.05) is 0 Å². The van der Waals surface area contributed by atoms with Crippen LogP contribution in [-0.4, -0.2) is 8.97 Å². The van der Waals surface area contributed by atoms with Crippen LogP contribution in [0.5, 0.6) is 0 Å². The highest BCUT2D eigenvalue weighted by Gasteiger charge is 2.20. The molecule has 0 amide bonds. The molecule has 8 rings (SSSR count). The van der Waals surface area contributed by atoms with Crippen LogP contribution in [0.15, 0.2) is 103 Å². The van der Waals surface area contributed by atoms with Crippen LogP contribution in [-0.2, 0) is 7.05 Å². The van der Waals surface area contributed by atoms with Crippen molar-refractivity contribution >= 4 is 59.9 Å². The molecule has 2 heteroatoms. The molecule has 5 aromatic carbocycles. The molecular formula is C31H20N2. The van der Waals surface area contributed by atoms with Crippen molar-refractivity contribution < 1.29 is 0 Å². The molecule has 3 aromatic heterocycles. The third-order valence-corrected chi connectivity index (χ3v) is 7.44. The van der Waals surface area contributed by atoms with Gasteiger partial charge in [-0.1, -0.05) is 66.7 Å². The van der Waals surface area contributed by atoms with Gasteiger partial charge in [0.25, 0.3) is 0 Å². The number of benzene rings is 5. The van der Waals surface area contributed by atoms with Crippen LogP contribution in [0.25, 0.3) is 71.0 Å². The van der Waals surface area contributed by atoms with Gasteiger partial charge in [0.05, 0.1) is 22.1 Å². The van der Waals surface area contributed by atoms with Crippen molar-refractivity contribution in [3.8, 4) is 11.1 Å². The van der Waals surface area contributed by atoms with E-state index in [2.05, 4.69) is 119 Å². The van der Waals surface area contributed by atoms with E-state index in [0.717, 1.165) is 0 Å². The van der Waals surface area contributed by atoms with Crippen molar-refractivity contribution in [3.05, 3.63) is 103 Å². The summed E-state index contributed by atoms with van der Waals surface area (Å²) in [4.78, 5) is 0. The van der Waals surface area contributed by atoms with Gasteiger partial charge in [-0.3, -0.25) is 0 Å². The van der Waals surface area contributed by atoms with Gasteiger partial charge in [0, 0.05) is 39.5 Å². The lowest BCUT2D eigenvalue weighted by molar-refractivity contribution is 1.01. The fourth-order valence-electron chi connectivity index (χ4n) is 6.04. The summed E-state index contributed by atoms with van der Waals surface area (Å²) in [6.07, 6.45) is 0. The summed E-state index contributed by atoms with van der Waals surface area (Å²) in [6, 6.07) is 37.8. The van der Waals surface area contributed by atoms with Gasteiger partial charge in [0.1, 0.15) is 0 Å². The second kappa shape index (κ2) is 5.93. The number of aromatic nitrogens is 2. The Morgan fingerprint density at radius 1 is 0.455 bits per heavy atom. The lowest BCUT2D eigenvalue weighted by atomic mass is 9.98. The summed E-state index contributed by atoms with van der Waals surface area (Å²) in [5.74, 6) is 0. The van der Waals surface area contributed by atoms with E-state index in [1.165, 1.54) is 71.0 Å². The highest BCUT2D eigenvalue weighted by molar-refractivity contribution is 6.31. The molecule has 0 saturated heterocycles. The van der Waals surface area contributed by atoms with Gasteiger partial charge in [-0.2, -0.15) is 0 Å². The lowest BCUT2D eigenvalue weighted by Crippen LogP contribution is -1.89. The quantitative estimate of drug-likeness (QED) is 0.253. The van der Waals surface area contributed by atoms with Crippen molar-refractivity contribution in [2.24, 2.45) is 7.05 Å². The predicted molar refractivity (Wildman–Crippen MR) is 141 cm³/mol. The van der Waals surface area contributed by atoms with E-state index in [1.54, 1.807) is 0 Å². The van der Waals surface area contributed by atoms with Crippen LogP contribution in [0.3, 0.4) is 0 Å². The van der Waals surface area contributed by atoms with Crippen LogP contribution in [0, 0.1) is 0 Å². The van der Waals surface area contributed by atoms with Crippen LogP contribution in [0.1, 0.15) is 0 Å². The standard InChI is InChI=1S/C31H20N2/c1-32-26-14-7-12-22-24-18-20(19-9-3-2-4-10-19)17-23-21-11-5-6-13-25(21)33(31(23)24)28-16-8-15-27(32)30(28)29(22)26/h2-18H,1H3. The van der Waals surface area contributed by atoms with Gasteiger partial charge in [-0.25, -0.2) is 0 Å². The number of fused-ring (bicyclic) bond motifs is 5. The predicted octanol–water partition coefficient (Wildman–Crippen LogP) is 8.15. The third-order valence-electron chi connectivity index (χ3n) is 7.44. The van der Waals surface area contributed by atoms with E-state index in [-0.39, 0.29) is 0 Å². The normalized spacial score (nSPS) is 12.4. The molecule has 0 aliphatic rings. The first-order valence-electron chi connectivity index (χ1n) is 11.4. The van der Waals surface area contributed by atoms with E-state index in [0.29, 0.717) is 0 Å². The van der Waals surface area contributed by atoms with Gasteiger partial charge in [-0.05, 0) is 52.9 Å². The Balaban J connectivity index is 1.80. The zero-order chi connectivity index (χ0) is 21.7. The van der Waals surface area contributed by atoms with Crippen LogP contribution in [0.2, 0.25) is 0 Å². The summed E-state index contributed by atoms with van der Waals surface area (Å²) in [5, 5.41) is 7.92. The fourth-order valence-corrected chi connectivity index (χ4v) is 6.04. The summed E-state index contributed by atoms with van der Waals surface area (Å²) >= 11 is 0. The van der Waals surface area contributed by atoms with Gasteiger partial charge >= 0.3 is 0 Å². The number of hydrogen-bond acceptors (Lipinski definition) is 0. The van der Waals surface area contributed by atoms with Crippen molar-refractivity contribution in [1.82, 2.24) is 8.97 Å². The SMILES string of the molecule is Cn1c2cccc3c4cc(-c5ccccc5)cc5c6ccccc6n(c6cccc1c6c32)c45. The summed E-state index contributed by atoms with van der Waals surface area (Å²) in [7, 11) is 2.19. The third kappa shape index (κ3) is 2.04. The van der Waals surface area contributed by atoms with Crippen molar-refractivity contribution in [3.63, 3.8) is 0 Å². The van der Waals surface area contributed by atoms with Crippen LogP contribution in [0.4, 0.5) is 0 Å². The number of nitrogens with zero attached hydrogens (tertiary/aromatic N) is 2. The number of hydrogen-bond donors (Lipinski definition) is 0. The Kier molecular flexibility index (Phi) is 3.11. The number of aryl methyl sites for hydroxylation is 1. The van der Waals surface area contributed by atoms with E-state index in [9.17, 15) is 0 Å². The molecule has 0 atom stereocenters. The average molecular weight is 421 g/mol. The van der Waals surface area contributed by atoms with Crippen LogP contribution >= 0.6 is 0 Å². The van der Waals surface area contributed by atoms with Crippen molar-refractivity contribution in [1.29, 1.82) is 0 Å². The first-order valence-corrected chi connectivity index (χ1v) is 11.4. The summed E-state index contributed by atoms with van der Waals surface area (Å²) in [5.41, 5.74) is 8.89. The molecule has 3 heterocycles. The largest absolute Gasteiger partial charge is 0.344 e. The van der Waals surface area contributed by atoms with Gasteiger partial charge in [0.2, 0.25) is 0 Å². The molecule has 8 aromatic rings. The Bertz CT molecular complexity index is 2020. The molecule has 0 N–H and O–H groups in total. The maximum atomic E-state index is 2.50. The molecule has 33 heavy (non-hydrogen) atoms. The molecule has 0 saturated carbocycles. The van der Waals surface area contributed by atoms with Crippen LogP contribution < -0.4 is 0 Å². The second-order valence-electron chi connectivity index (χ2n) is 9.07.